The Bertz CT molecular complexity index is 1710. The summed E-state index contributed by atoms with van der Waals surface area (Å²) in [4.78, 5) is 27.5. The first-order valence-corrected chi connectivity index (χ1v) is 14.1. The number of aliphatic hydroxyl groups is 2. The van der Waals surface area contributed by atoms with Crippen molar-refractivity contribution in [1.82, 2.24) is 9.55 Å². The van der Waals surface area contributed by atoms with Crippen molar-refractivity contribution in [2.75, 3.05) is 14.2 Å². The van der Waals surface area contributed by atoms with Crippen molar-refractivity contribution < 1.29 is 24.4 Å². The number of hydrogen-bond acceptors (Lipinski definition) is 8. The molecule has 0 amide bonds. The number of rotatable bonds is 10. The first kappa shape index (κ1) is 30.5. The van der Waals surface area contributed by atoms with E-state index in [4.69, 9.17) is 19.5 Å². The van der Waals surface area contributed by atoms with Crippen molar-refractivity contribution in [2.24, 2.45) is 0 Å². The van der Waals surface area contributed by atoms with Crippen LogP contribution in [0.4, 0.5) is 0 Å². The zero-order valence-corrected chi connectivity index (χ0v) is 24.3. The Labute approximate surface area is 254 Å². The van der Waals surface area contributed by atoms with Gasteiger partial charge < -0.3 is 24.4 Å². The molecule has 0 aliphatic carbocycles. The maximum absolute atomic E-state index is 12.9. The SMILES string of the molecule is COc1ccc(C(c2ccccc2)(c2ccc(OC)cc2)C(O)[C@H]2O[C@@H](n3cc(C=CCC#N)c(=O)[nH]c3=O)C[C@@H]2O)cc1. The van der Waals surface area contributed by atoms with E-state index in [1.54, 1.807) is 38.5 Å². The van der Waals surface area contributed by atoms with E-state index in [0.29, 0.717) is 22.6 Å². The molecule has 10 nitrogen and oxygen atoms in total. The van der Waals surface area contributed by atoms with Crippen LogP contribution in [-0.2, 0) is 10.2 Å². The van der Waals surface area contributed by atoms with Gasteiger partial charge in [-0.05, 0) is 41.0 Å². The van der Waals surface area contributed by atoms with Gasteiger partial charge in [0, 0.05) is 12.6 Å². The Balaban J connectivity index is 1.64. The topological polar surface area (TPSA) is 147 Å². The van der Waals surface area contributed by atoms with Crippen molar-refractivity contribution in [3.8, 4) is 17.6 Å². The highest BCUT2D eigenvalue weighted by atomic mass is 16.5. The number of allylic oxidation sites excluding steroid dienone is 1. The van der Waals surface area contributed by atoms with Crippen molar-refractivity contribution >= 4 is 6.08 Å². The second kappa shape index (κ2) is 13.1. The summed E-state index contributed by atoms with van der Waals surface area (Å²) in [7, 11) is 3.15. The van der Waals surface area contributed by atoms with Crippen LogP contribution in [0.1, 0.15) is 41.3 Å². The largest absolute Gasteiger partial charge is 0.497 e. The van der Waals surface area contributed by atoms with E-state index in [9.17, 15) is 19.8 Å². The molecule has 1 aliphatic heterocycles. The second-order valence-corrected chi connectivity index (χ2v) is 10.4. The molecule has 4 aromatic rings. The summed E-state index contributed by atoms with van der Waals surface area (Å²) in [6, 6.07) is 26.1. The molecule has 10 heteroatoms. The summed E-state index contributed by atoms with van der Waals surface area (Å²) in [6.45, 7) is 0. The first-order chi connectivity index (χ1) is 21.3. The van der Waals surface area contributed by atoms with Gasteiger partial charge >= 0.3 is 5.69 Å². The van der Waals surface area contributed by atoms with E-state index < -0.39 is 41.2 Å². The van der Waals surface area contributed by atoms with Crippen molar-refractivity contribution in [1.29, 1.82) is 5.26 Å². The molecule has 3 aromatic carbocycles. The summed E-state index contributed by atoms with van der Waals surface area (Å²) >= 11 is 0. The lowest BCUT2D eigenvalue weighted by Gasteiger charge is -2.43. The van der Waals surface area contributed by atoms with Crippen LogP contribution in [0.5, 0.6) is 11.5 Å². The molecule has 1 unspecified atom stereocenters. The van der Waals surface area contributed by atoms with Gasteiger partial charge in [0.1, 0.15) is 29.9 Å². The zero-order valence-electron chi connectivity index (χ0n) is 24.3. The Morgan fingerprint density at radius 3 is 2.11 bits per heavy atom. The molecule has 44 heavy (non-hydrogen) atoms. The number of ether oxygens (including phenoxy) is 3. The molecule has 1 fully saturated rings. The van der Waals surface area contributed by atoms with Crippen LogP contribution >= 0.6 is 0 Å². The Kier molecular flexibility index (Phi) is 9.11. The minimum absolute atomic E-state index is 0.0227. The number of nitriles is 1. The van der Waals surface area contributed by atoms with Crippen LogP contribution in [0.15, 0.2) is 101 Å². The predicted molar refractivity (Wildman–Crippen MR) is 163 cm³/mol. The van der Waals surface area contributed by atoms with Gasteiger partial charge in [-0.3, -0.25) is 14.3 Å². The van der Waals surface area contributed by atoms with Crippen LogP contribution in [0.3, 0.4) is 0 Å². The fourth-order valence-electron chi connectivity index (χ4n) is 5.87. The number of nitrogens with one attached hydrogen (secondary N) is 1. The van der Waals surface area contributed by atoms with E-state index in [2.05, 4.69) is 4.98 Å². The van der Waals surface area contributed by atoms with Crippen molar-refractivity contribution in [2.45, 2.75) is 42.8 Å². The molecular weight excluding hydrogens is 562 g/mol. The normalized spacial score (nSPS) is 19.0. The maximum Gasteiger partial charge on any atom is 0.330 e. The first-order valence-electron chi connectivity index (χ1n) is 14.1. The smallest absolute Gasteiger partial charge is 0.330 e. The Morgan fingerprint density at radius 2 is 1.57 bits per heavy atom. The fourth-order valence-corrected chi connectivity index (χ4v) is 5.87. The van der Waals surface area contributed by atoms with Gasteiger partial charge in [-0.15, -0.1) is 0 Å². The molecular formula is C34H33N3O7. The van der Waals surface area contributed by atoms with Crippen molar-refractivity contribution in [3.05, 3.63) is 134 Å². The fraction of sp³-hybridized carbons (Fsp3) is 0.265. The predicted octanol–water partition coefficient (Wildman–Crippen LogP) is 3.52. The van der Waals surface area contributed by atoms with Gasteiger partial charge in [0.25, 0.3) is 5.56 Å². The highest BCUT2D eigenvalue weighted by Crippen LogP contribution is 2.47. The average molecular weight is 596 g/mol. The standard InChI is InChI=1S/C34H33N3O7/c1-42-26-15-11-24(12-16-26)34(23-9-4-3-5-10-23,25-13-17-27(43-2)18-14-25)31(39)30-28(38)20-29(44-30)37-21-22(8-6-7-19-35)32(40)36-33(37)41/h3-6,8-18,21,28-31,38-39H,7,20H2,1-2H3,(H,36,40,41)/t28-,29+,30-,31?/m0/s1. The van der Waals surface area contributed by atoms with Crippen LogP contribution in [0.25, 0.3) is 6.08 Å². The molecule has 1 aliphatic rings. The monoisotopic (exact) mass is 595 g/mol. The van der Waals surface area contributed by atoms with Gasteiger partial charge in [0.15, 0.2) is 0 Å². The maximum atomic E-state index is 12.9. The summed E-state index contributed by atoms with van der Waals surface area (Å²) in [5.74, 6) is 1.27. The van der Waals surface area contributed by atoms with E-state index in [1.807, 2.05) is 60.7 Å². The summed E-state index contributed by atoms with van der Waals surface area (Å²) in [6.07, 6.45) is -0.324. The molecule has 3 N–H and O–H groups in total. The minimum atomic E-state index is -1.36. The molecule has 2 heterocycles. The van der Waals surface area contributed by atoms with Crippen LogP contribution in [-0.4, -0.2) is 52.3 Å². The van der Waals surface area contributed by atoms with Crippen LogP contribution in [0.2, 0.25) is 0 Å². The van der Waals surface area contributed by atoms with Crippen molar-refractivity contribution in [3.63, 3.8) is 0 Å². The second-order valence-electron chi connectivity index (χ2n) is 10.4. The number of aromatic amines is 1. The average Bonchev–Trinajstić information content (AvgIpc) is 3.44. The zero-order chi connectivity index (χ0) is 31.3. The molecule has 0 radical (unpaired) electrons. The van der Waals surface area contributed by atoms with Gasteiger partial charge in [0.05, 0.1) is 43.8 Å². The highest BCUT2D eigenvalue weighted by Gasteiger charge is 2.52. The number of hydrogen-bond donors (Lipinski definition) is 3. The van der Waals surface area contributed by atoms with E-state index in [-0.39, 0.29) is 18.4 Å². The lowest BCUT2D eigenvalue weighted by Crippen LogP contribution is -2.51. The Hall–Kier alpha value is -4.95. The van der Waals surface area contributed by atoms with Crippen LogP contribution < -0.4 is 20.7 Å². The number of aliphatic hydroxyl groups excluding tert-OH is 2. The Morgan fingerprint density at radius 1 is 1.00 bits per heavy atom. The molecule has 4 atom stereocenters. The molecule has 1 saturated heterocycles. The molecule has 1 aromatic heterocycles. The highest BCUT2D eigenvalue weighted by molar-refractivity contribution is 5.54. The third-order valence-electron chi connectivity index (χ3n) is 8.02. The molecule has 226 valence electrons. The molecule has 0 saturated carbocycles. The number of H-pyrrole nitrogens is 1. The van der Waals surface area contributed by atoms with Gasteiger partial charge in [-0.2, -0.15) is 5.26 Å². The lowest BCUT2D eigenvalue weighted by atomic mass is 9.64. The van der Waals surface area contributed by atoms with E-state index in [1.165, 1.54) is 22.9 Å². The number of aromatic nitrogens is 2. The van der Waals surface area contributed by atoms with Gasteiger partial charge in [0.2, 0.25) is 0 Å². The minimum Gasteiger partial charge on any atom is -0.497 e. The third kappa shape index (κ3) is 5.68. The summed E-state index contributed by atoms with van der Waals surface area (Å²) < 4.78 is 18.3. The lowest BCUT2D eigenvalue weighted by molar-refractivity contribution is -0.0976. The van der Waals surface area contributed by atoms with Gasteiger partial charge in [-0.1, -0.05) is 66.7 Å². The van der Waals surface area contributed by atoms with Crippen LogP contribution in [0, 0.1) is 11.3 Å². The molecule has 5 rings (SSSR count). The molecule has 0 bridgehead atoms. The van der Waals surface area contributed by atoms with Gasteiger partial charge in [-0.25, -0.2) is 4.79 Å². The van der Waals surface area contributed by atoms with E-state index in [0.717, 1.165) is 5.56 Å². The number of methoxy groups -OCH3 is 2. The summed E-state index contributed by atoms with van der Waals surface area (Å²) in [5, 5.41) is 32.7. The van der Waals surface area contributed by atoms with E-state index >= 15 is 0 Å². The molecule has 0 spiro atoms. The summed E-state index contributed by atoms with van der Waals surface area (Å²) in [5.41, 5.74) is -0.260. The number of benzene rings is 3. The third-order valence-corrected chi connectivity index (χ3v) is 8.02. The quantitative estimate of drug-likeness (QED) is 0.236. The number of nitrogens with zero attached hydrogens (tertiary/aromatic N) is 2.